The average molecular weight is 344 g/mol. The Bertz CT molecular complexity index is 764. The van der Waals surface area contributed by atoms with Gasteiger partial charge in [-0.25, -0.2) is 4.39 Å². The number of ether oxygens (including phenoxy) is 1. The first-order valence-corrected chi connectivity index (χ1v) is 6.30. The first kappa shape index (κ1) is 12.3. The van der Waals surface area contributed by atoms with Crippen LogP contribution in [0.15, 0.2) is 28.9 Å². The van der Waals surface area contributed by atoms with Crippen molar-refractivity contribution < 1.29 is 9.13 Å². The zero-order chi connectivity index (χ0) is 13.4. The standard InChI is InChI=1S/C11H5BrClFN4O/c12-5-1-2-7(14)8(3-5)19-10-6-4-15-18-9(6)16-11(13)17-10/h1-4H,(H,15,16,17,18). The fourth-order valence-corrected chi connectivity index (χ4v) is 2.02. The molecule has 2 aromatic heterocycles. The lowest BCUT2D eigenvalue weighted by molar-refractivity contribution is 0.431. The number of nitrogens with one attached hydrogen (secondary N) is 1. The molecule has 0 amide bonds. The highest BCUT2D eigenvalue weighted by Crippen LogP contribution is 2.30. The maximum atomic E-state index is 13.6. The van der Waals surface area contributed by atoms with Gasteiger partial charge >= 0.3 is 0 Å². The number of nitrogens with zero attached hydrogens (tertiary/aromatic N) is 3. The summed E-state index contributed by atoms with van der Waals surface area (Å²) >= 11 is 9.01. The van der Waals surface area contributed by atoms with Crippen molar-refractivity contribution in [1.29, 1.82) is 0 Å². The molecule has 5 nitrogen and oxygen atoms in total. The van der Waals surface area contributed by atoms with E-state index in [0.29, 0.717) is 15.5 Å². The Hall–Kier alpha value is -1.73. The van der Waals surface area contributed by atoms with E-state index in [0.717, 1.165) is 0 Å². The molecule has 1 aromatic carbocycles. The summed E-state index contributed by atoms with van der Waals surface area (Å²) < 4.78 is 19.8. The summed E-state index contributed by atoms with van der Waals surface area (Å²) in [5.41, 5.74) is 0.422. The first-order valence-electron chi connectivity index (χ1n) is 5.13. The lowest BCUT2D eigenvalue weighted by Crippen LogP contribution is -1.94. The number of hydrogen-bond acceptors (Lipinski definition) is 4. The molecule has 0 aliphatic carbocycles. The van der Waals surface area contributed by atoms with Gasteiger partial charge in [0, 0.05) is 4.47 Å². The summed E-state index contributed by atoms with van der Waals surface area (Å²) in [5, 5.41) is 6.97. The maximum Gasteiger partial charge on any atom is 0.234 e. The molecule has 0 unspecified atom stereocenters. The molecular weight excluding hydrogens is 339 g/mol. The molecule has 0 radical (unpaired) electrons. The lowest BCUT2D eigenvalue weighted by Gasteiger charge is -2.07. The summed E-state index contributed by atoms with van der Waals surface area (Å²) in [6.45, 7) is 0. The van der Waals surface area contributed by atoms with Crippen LogP contribution in [0.1, 0.15) is 0 Å². The SMILES string of the molecule is Fc1ccc(Br)cc1Oc1nc(Cl)nc2[nH]ncc12. The smallest absolute Gasteiger partial charge is 0.234 e. The highest BCUT2D eigenvalue weighted by atomic mass is 79.9. The molecule has 0 aliphatic rings. The molecule has 19 heavy (non-hydrogen) atoms. The van der Waals surface area contributed by atoms with Gasteiger partial charge in [-0.1, -0.05) is 15.9 Å². The Morgan fingerprint density at radius 1 is 1.32 bits per heavy atom. The van der Waals surface area contributed by atoms with Crippen molar-refractivity contribution in [3.05, 3.63) is 40.0 Å². The van der Waals surface area contributed by atoms with Gasteiger partial charge in [0.2, 0.25) is 11.2 Å². The minimum Gasteiger partial charge on any atom is -0.435 e. The molecule has 1 N–H and O–H groups in total. The molecule has 8 heteroatoms. The van der Waals surface area contributed by atoms with Crippen molar-refractivity contribution in [2.75, 3.05) is 0 Å². The van der Waals surface area contributed by atoms with E-state index in [1.54, 1.807) is 6.07 Å². The van der Waals surface area contributed by atoms with Crippen molar-refractivity contribution in [3.63, 3.8) is 0 Å². The maximum absolute atomic E-state index is 13.6. The summed E-state index contributed by atoms with van der Waals surface area (Å²) in [7, 11) is 0. The minimum atomic E-state index is -0.505. The van der Waals surface area contributed by atoms with Crippen LogP contribution in [0.2, 0.25) is 5.28 Å². The zero-order valence-corrected chi connectivity index (χ0v) is 11.5. The average Bonchev–Trinajstić information content (AvgIpc) is 2.82. The number of aromatic nitrogens is 4. The van der Waals surface area contributed by atoms with Crippen molar-refractivity contribution in [2.45, 2.75) is 0 Å². The number of benzene rings is 1. The predicted molar refractivity (Wildman–Crippen MR) is 70.9 cm³/mol. The second-order valence-corrected chi connectivity index (χ2v) is 4.86. The minimum absolute atomic E-state index is 0.0119. The number of aromatic amines is 1. The molecule has 0 aliphatic heterocycles. The van der Waals surface area contributed by atoms with E-state index < -0.39 is 5.82 Å². The second kappa shape index (κ2) is 4.75. The van der Waals surface area contributed by atoms with E-state index in [-0.39, 0.29) is 16.9 Å². The van der Waals surface area contributed by atoms with Gasteiger partial charge in [0.25, 0.3) is 0 Å². The predicted octanol–water partition coefficient (Wildman–Crippen LogP) is 3.70. The third-order valence-corrected chi connectivity index (χ3v) is 3.01. The Morgan fingerprint density at radius 3 is 3.00 bits per heavy atom. The summed E-state index contributed by atoms with van der Waals surface area (Å²) in [6.07, 6.45) is 1.48. The van der Waals surface area contributed by atoms with Gasteiger partial charge in [-0.15, -0.1) is 0 Å². The van der Waals surface area contributed by atoms with Crippen LogP contribution in [0, 0.1) is 5.82 Å². The third-order valence-electron chi connectivity index (χ3n) is 2.35. The largest absolute Gasteiger partial charge is 0.435 e. The van der Waals surface area contributed by atoms with Gasteiger partial charge < -0.3 is 4.74 Å². The molecule has 3 rings (SSSR count). The Balaban J connectivity index is 2.10. The quantitative estimate of drug-likeness (QED) is 0.721. The van der Waals surface area contributed by atoms with Crippen molar-refractivity contribution in [3.8, 4) is 11.6 Å². The van der Waals surface area contributed by atoms with Crippen LogP contribution < -0.4 is 4.74 Å². The van der Waals surface area contributed by atoms with Gasteiger partial charge in [-0.3, -0.25) is 5.10 Å². The Kier molecular flexibility index (Phi) is 3.08. The molecule has 0 fully saturated rings. The van der Waals surface area contributed by atoms with E-state index in [1.807, 2.05) is 0 Å². The third kappa shape index (κ3) is 2.39. The van der Waals surface area contributed by atoms with Crippen molar-refractivity contribution >= 4 is 38.6 Å². The van der Waals surface area contributed by atoms with Crippen LogP contribution in [0.5, 0.6) is 11.6 Å². The van der Waals surface area contributed by atoms with E-state index in [4.69, 9.17) is 16.3 Å². The molecule has 0 saturated carbocycles. The van der Waals surface area contributed by atoms with Crippen LogP contribution in [-0.2, 0) is 0 Å². The number of halogens is 3. The fraction of sp³-hybridized carbons (Fsp3) is 0. The zero-order valence-electron chi connectivity index (χ0n) is 9.19. The topological polar surface area (TPSA) is 63.7 Å². The fourth-order valence-electron chi connectivity index (χ4n) is 1.52. The van der Waals surface area contributed by atoms with E-state index in [1.165, 1.54) is 18.3 Å². The second-order valence-electron chi connectivity index (χ2n) is 3.61. The molecule has 0 spiro atoms. The molecule has 0 bridgehead atoms. The van der Waals surface area contributed by atoms with Gasteiger partial charge in [0.15, 0.2) is 17.2 Å². The van der Waals surface area contributed by atoms with Crippen molar-refractivity contribution in [2.24, 2.45) is 0 Å². The van der Waals surface area contributed by atoms with Crippen LogP contribution in [0.25, 0.3) is 11.0 Å². The van der Waals surface area contributed by atoms with Crippen LogP contribution in [0.3, 0.4) is 0 Å². The monoisotopic (exact) mass is 342 g/mol. The highest BCUT2D eigenvalue weighted by molar-refractivity contribution is 9.10. The molecular formula is C11H5BrClFN4O. The summed E-state index contributed by atoms with van der Waals surface area (Å²) in [5.74, 6) is -0.332. The number of rotatable bonds is 2. The van der Waals surface area contributed by atoms with Gasteiger partial charge in [-0.05, 0) is 29.8 Å². The summed E-state index contributed by atoms with van der Waals surface area (Å²) in [6, 6.07) is 4.36. The van der Waals surface area contributed by atoms with Gasteiger partial charge in [0.1, 0.15) is 5.39 Å². The Labute approximate surface area is 119 Å². The number of hydrogen-bond donors (Lipinski definition) is 1. The van der Waals surface area contributed by atoms with Crippen LogP contribution in [0.4, 0.5) is 4.39 Å². The van der Waals surface area contributed by atoms with Crippen LogP contribution >= 0.6 is 27.5 Å². The highest BCUT2D eigenvalue weighted by Gasteiger charge is 2.13. The molecule has 0 saturated heterocycles. The molecule has 0 atom stereocenters. The van der Waals surface area contributed by atoms with Gasteiger partial charge in [0.05, 0.1) is 6.20 Å². The number of fused-ring (bicyclic) bond motifs is 1. The molecule has 3 aromatic rings. The normalized spacial score (nSPS) is 10.9. The van der Waals surface area contributed by atoms with Gasteiger partial charge in [-0.2, -0.15) is 15.1 Å². The van der Waals surface area contributed by atoms with E-state index >= 15 is 0 Å². The molecule has 96 valence electrons. The van der Waals surface area contributed by atoms with E-state index in [9.17, 15) is 4.39 Å². The van der Waals surface area contributed by atoms with Crippen LogP contribution in [-0.4, -0.2) is 20.2 Å². The first-order chi connectivity index (χ1) is 9.13. The van der Waals surface area contributed by atoms with Crippen molar-refractivity contribution in [1.82, 2.24) is 20.2 Å². The Morgan fingerprint density at radius 2 is 2.16 bits per heavy atom. The number of H-pyrrole nitrogens is 1. The summed E-state index contributed by atoms with van der Waals surface area (Å²) in [4.78, 5) is 7.86. The van der Waals surface area contributed by atoms with E-state index in [2.05, 4.69) is 36.1 Å². The molecule has 2 heterocycles. The lowest BCUT2D eigenvalue weighted by atomic mass is 10.3.